The Hall–Kier alpha value is -1.14. The van der Waals surface area contributed by atoms with Crippen LogP contribution >= 0.6 is 0 Å². The normalized spacial score (nSPS) is 21.6. The topological polar surface area (TPSA) is 104 Å². The zero-order valence-electron chi connectivity index (χ0n) is 9.35. The third-order valence-corrected chi connectivity index (χ3v) is 2.86. The molecule has 1 amide bonds. The minimum atomic E-state index is -1.08. The summed E-state index contributed by atoms with van der Waals surface area (Å²) in [7, 11) is 0. The lowest BCUT2D eigenvalue weighted by molar-refractivity contribution is -0.143. The monoisotopic (exact) mass is 230 g/mol. The van der Waals surface area contributed by atoms with E-state index in [1.807, 2.05) is 0 Å². The molecule has 92 valence electrons. The van der Waals surface area contributed by atoms with Crippen LogP contribution in [0.15, 0.2) is 0 Å². The second-order valence-electron chi connectivity index (χ2n) is 4.53. The van der Waals surface area contributed by atoms with E-state index in [9.17, 15) is 14.7 Å². The molecule has 0 saturated carbocycles. The average molecular weight is 230 g/mol. The van der Waals surface area contributed by atoms with Crippen molar-refractivity contribution in [2.75, 3.05) is 13.1 Å². The van der Waals surface area contributed by atoms with Gasteiger partial charge < -0.3 is 20.8 Å². The second-order valence-corrected chi connectivity index (χ2v) is 4.53. The van der Waals surface area contributed by atoms with Crippen LogP contribution in [-0.4, -0.2) is 51.7 Å². The number of carbonyl (C=O) groups excluding carboxylic acids is 1. The molecular formula is C10H18N2O4. The van der Waals surface area contributed by atoms with Gasteiger partial charge in [0.25, 0.3) is 0 Å². The van der Waals surface area contributed by atoms with Crippen molar-refractivity contribution in [1.29, 1.82) is 0 Å². The first-order chi connectivity index (χ1) is 7.32. The fourth-order valence-electron chi connectivity index (χ4n) is 1.72. The summed E-state index contributed by atoms with van der Waals surface area (Å²) >= 11 is 0. The first kappa shape index (κ1) is 12.9. The van der Waals surface area contributed by atoms with Crippen LogP contribution in [0, 0.1) is 0 Å². The highest BCUT2D eigenvalue weighted by molar-refractivity contribution is 5.86. The van der Waals surface area contributed by atoms with Crippen LogP contribution in [0.5, 0.6) is 0 Å². The lowest BCUT2D eigenvalue weighted by Crippen LogP contribution is -2.51. The summed E-state index contributed by atoms with van der Waals surface area (Å²) in [6.07, 6.45) is 0.642. The molecule has 1 saturated heterocycles. The number of rotatable bonds is 3. The summed E-state index contributed by atoms with van der Waals surface area (Å²) in [6.45, 7) is 2.59. The van der Waals surface area contributed by atoms with E-state index in [-0.39, 0.29) is 12.3 Å². The van der Waals surface area contributed by atoms with Gasteiger partial charge >= 0.3 is 5.97 Å². The lowest BCUT2D eigenvalue weighted by Gasteiger charge is -2.36. The minimum Gasteiger partial charge on any atom is -0.481 e. The molecule has 1 atom stereocenters. The first-order valence-electron chi connectivity index (χ1n) is 5.30. The molecule has 1 heterocycles. The van der Waals surface area contributed by atoms with Crippen LogP contribution in [0.1, 0.15) is 26.2 Å². The van der Waals surface area contributed by atoms with Gasteiger partial charge in [-0.05, 0) is 19.8 Å². The Labute approximate surface area is 94.0 Å². The molecule has 0 spiro atoms. The van der Waals surface area contributed by atoms with Crippen molar-refractivity contribution >= 4 is 11.9 Å². The molecule has 1 unspecified atom stereocenters. The third-order valence-electron chi connectivity index (χ3n) is 2.86. The number of nitrogens with zero attached hydrogens (tertiary/aromatic N) is 1. The van der Waals surface area contributed by atoms with Crippen LogP contribution < -0.4 is 5.73 Å². The number of hydrogen-bond donors (Lipinski definition) is 3. The molecule has 6 heteroatoms. The zero-order chi connectivity index (χ0) is 12.3. The van der Waals surface area contributed by atoms with Crippen molar-refractivity contribution in [3.8, 4) is 0 Å². The van der Waals surface area contributed by atoms with Crippen molar-refractivity contribution in [2.45, 2.75) is 37.8 Å². The standard InChI is InChI=1S/C10H18N2O4/c1-10(16)2-4-12(5-3-10)9(15)7(11)6-8(13)14/h7,16H,2-6,11H2,1H3,(H,13,14). The predicted octanol–water partition coefficient (Wildman–Crippen LogP) is -0.838. The van der Waals surface area contributed by atoms with E-state index in [4.69, 9.17) is 10.8 Å². The van der Waals surface area contributed by atoms with Gasteiger partial charge in [-0.25, -0.2) is 0 Å². The molecule has 16 heavy (non-hydrogen) atoms. The molecule has 0 aromatic carbocycles. The Balaban J connectivity index is 2.47. The van der Waals surface area contributed by atoms with Crippen LogP contribution in [0.3, 0.4) is 0 Å². The molecule has 4 N–H and O–H groups in total. The van der Waals surface area contributed by atoms with E-state index in [0.717, 1.165) is 0 Å². The number of amides is 1. The molecular weight excluding hydrogens is 212 g/mol. The lowest BCUT2D eigenvalue weighted by atomic mass is 9.93. The van der Waals surface area contributed by atoms with Gasteiger partial charge in [-0.15, -0.1) is 0 Å². The number of hydrogen-bond acceptors (Lipinski definition) is 4. The van der Waals surface area contributed by atoms with Crippen molar-refractivity contribution in [1.82, 2.24) is 4.90 Å². The Morgan fingerprint density at radius 1 is 1.44 bits per heavy atom. The maximum absolute atomic E-state index is 11.7. The summed E-state index contributed by atoms with van der Waals surface area (Å²) in [5, 5.41) is 18.2. The van der Waals surface area contributed by atoms with E-state index < -0.39 is 17.6 Å². The van der Waals surface area contributed by atoms with Crippen molar-refractivity contribution in [3.63, 3.8) is 0 Å². The molecule has 1 rings (SSSR count). The van der Waals surface area contributed by atoms with Gasteiger partial charge in [0.05, 0.1) is 18.1 Å². The summed E-state index contributed by atoms with van der Waals surface area (Å²) in [5.74, 6) is -1.43. The van der Waals surface area contributed by atoms with Crippen molar-refractivity contribution in [3.05, 3.63) is 0 Å². The largest absolute Gasteiger partial charge is 0.481 e. The summed E-state index contributed by atoms with van der Waals surface area (Å²) in [5.41, 5.74) is 4.75. The van der Waals surface area contributed by atoms with E-state index in [2.05, 4.69) is 0 Å². The van der Waals surface area contributed by atoms with Crippen LogP contribution in [0.4, 0.5) is 0 Å². The fraction of sp³-hybridized carbons (Fsp3) is 0.800. The van der Waals surface area contributed by atoms with E-state index >= 15 is 0 Å². The number of carboxylic acids is 1. The molecule has 6 nitrogen and oxygen atoms in total. The Bertz CT molecular complexity index is 281. The Morgan fingerprint density at radius 3 is 2.38 bits per heavy atom. The SMILES string of the molecule is CC1(O)CCN(C(=O)C(N)CC(=O)O)CC1. The fourth-order valence-corrected chi connectivity index (χ4v) is 1.72. The third kappa shape index (κ3) is 3.46. The highest BCUT2D eigenvalue weighted by atomic mass is 16.4. The molecule has 1 aliphatic rings. The Morgan fingerprint density at radius 2 is 1.94 bits per heavy atom. The van der Waals surface area contributed by atoms with Gasteiger partial charge in [0, 0.05) is 13.1 Å². The molecule has 0 aliphatic carbocycles. The van der Waals surface area contributed by atoms with Gasteiger partial charge in [0.15, 0.2) is 0 Å². The maximum atomic E-state index is 11.7. The molecule has 1 aliphatic heterocycles. The quantitative estimate of drug-likeness (QED) is 0.586. The van der Waals surface area contributed by atoms with Crippen LogP contribution in [-0.2, 0) is 9.59 Å². The second kappa shape index (κ2) is 4.80. The molecule has 0 aromatic rings. The number of carboxylic acid groups (broad SMARTS) is 1. The maximum Gasteiger partial charge on any atom is 0.305 e. The highest BCUT2D eigenvalue weighted by Crippen LogP contribution is 2.21. The van der Waals surface area contributed by atoms with Crippen molar-refractivity contribution in [2.24, 2.45) is 5.73 Å². The number of nitrogens with two attached hydrogens (primary N) is 1. The van der Waals surface area contributed by atoms with Gasteiger partial charge in [-0.1, -0.05) is 0 Å². The average Bonchev–Trinajstić information content (AvgIpc) is 2.15. The summed E-state index contributed by atoms with van der Waals surface area (Å²) in [4.78, 5) is 23.6. The van der Waals surface area contributed by atoms with Crippen LogP contribution in [0.2, 0.25) is 0 Å². The number of piperidine rings is 1. The summed E-state index contributed by atoms with van der Waals surface area (Å²) < 4.78 is 0. The summed E-state index contributed by atoms with van der Waals surface area (Å²) in [6, 6.07) is -0.986. The first-order valence-corrected chi connectivity index (χ1v) is 5.30. The number of aliphatic hydroxyl groups is 1. The van der Waals surface area contributed by atoms with E-state index in [1.54, 1.807) is 6.92 Å². The molecule has 0 aromatic heterocycles. The predicted molar refractivity (Wildman–Crippen MR) is 56.7 cm³/mol. The Kier molecular flexibility index (Phi) is 3.88. The molecule has 0 bridgehead atoms. The number of likely N-dealkylation sites (tertiary alicyclic amines) is 1. The van der Waals surface area contributed by atoms with Gasteiger partial charge in [0.1, 0.15) is 0 Å². The van der Waals surface area contributed by atoms with Gasteiger partial charge in [-0.3, -0.25) is 9.59 Å². The van der Waals surface area contributed by atoms with E-state index in [0.29, 0.717) is 25.9 Å². The molecule has 0 radical (unpaired) electrons. The van der Waals surface area contributed by atoms with Crippen LogP contribution in [0.25, 0.3) is 0 Å². The smallest absolute Gasteiger partial charge is 0.305 e. The molecule has 1 fully saturated rings. The van der Waals surface area contributed by atoms with Gasteiger partial charge in [-0.2, -0.15) is 0 Å². The van der Waals surface area contributed by atoms with E-state index in [1.165, 1.54) is 4.90 Å². The van der Waals surface area contributed by atoms with Gasteiger partial charge in [0.2, 0.25) is 5.91 Å². The van der Waals surface area contributed by atoms with Crippen molar-refractivity contribution < 1.29 is 19.8 Å². The zero-order valence-corrected chi connectivity index (χ0v) is 9.35. The minimum absolute atomic E-state index is 0.349. The number of carbonyl (C=O) groups is 2. The number of aliphatic carboxylic acids is 1. The highest BCUT2D eigenvalue weighted by Gasteiger charge is 2.31.